The van der Waals surface area contributed by atoms with E-state index in [4.69, 9.17) is 0 Å². The molecule has 1 atom stereocenters. The summed E-state index contributed by atoms with van der Waals surface area (Å²) in [6, 6.07) is 6.61. The average molecular weight is 265 g/mol. The van der Waals surface area contributed by atoms with Crippen molar-refractivity contribution in [2.45, 2.75) is 43.6 Å². The van der Waals surface area contributed by atoms with Crippen LogP contribution in [-0.2, 0) is 0 Å². The summed E-state index contributed by atoms with van der Waals surface area (Å²) in [6.07, 6.45) is 5.08. The van der Waals surface area contributed by atoms with E-state index in [1.54, 1.807) is 0 Å². The lowest BCUT2D eigenvalue weighted by Gasteiger charge is -2.40. The summed E-state index contributed by atoms with van der Waals surface area (Å²) >= 11 is 0. The van der Waals surface area contributed by atoms with Crippen LogP contribution in [0.1, 0.15) is 43.6 Å². The molecule has 1 aliphatic rings. The zero-order valence-electron chi connectivity index (χ0n) is 11.9. The van der Waals surface area contributed by atoms with Gasteiger partial charge in [0.05, 0.1) is 5.60 Å². The fraction of sp³-hybridized carbons (Fsp3) is 0.625. The van der Waals surface area contributed by atoms with Crippen molar-refractivity contribution in [1.82, 2.24) is 4.90 Å². The van der Waals surface area contributed by atoms with E-state index in [0.717, 1.165) is 37.8 Å². The Bertz CT molecular complexity index is 396. The number of aliphatic hydroxyl groups is 1. The molecule has 1 aliphatic carbocycles. The number of hydrogen-bond donors (Lipinski definition) is 1. The lowest BCUT2D eigenvalue weighted by molar-refractivity contribution is -0.0277. The van der Waals surface area contributed by atoms with Gasteiger partial charge in [-0.2, -0.15) is 0 Å². The summed E-state index contributed by atoms with van der Waals surface area (Å²) in [5.41, 5.74) is 0.403. The summed E-state index contributed by atoms with van der Waals surface area (Å²) in [6.45, 7) is 0.794. The van der Waals surface area contributed by atoms with Crippen molar-refractivity contribution >= 4 is 0 Å². The molecule has 0 aliphatic heterocycles. The number of hydrogen-bond acceptors (Lipinski definition) is 2. The monoisotopic (exact) mass is 265 g/mol. The zero-order valence-corrected chi connectivity index (χ0v) is 11.9. The Kier molecular flexibility index (Phi) is 4.58. The van der Waals surface area contributed by atoms with E-state index in [2.05, 4.69) is 4.90 Å². The Morgan fingerprint density at radius 3 is 2.26 bits per heavy atom. The molecule has 0 spiro atoms. The van der Waals surface area contributed by atoms with E-state index in [9.17, 15) is 9.50 Å². The fourth-order valence-corrected chi connectivity index (χ4v) is 3.16. The molecule has 1 unspecified atom stereocenters. The average Bonchev–Trinajstić information content (AvgIpc) is 2.38. The smallest absolute Gasteiger partial charge is 0.123 e. The molecule has 1 aromatic carbocycles. The second-order valence-corrected chi connectivity index (χ2v) is 6.03. The Hall–Kier alpha value is -0.930. The molecule has 0 bridgehead atoms. The van der Waals surface area contributed by atoms with Gasteiger partial charge in [-0.1, -0.05) is 31.4 Å². The molecular formula is C16H24FNO. The molecule has 19 heavy (non-hydrogen) atoms. The van der Waals surface area contributed by atoms with Gasteiger partial charge >= 0.3 is 0 Å². The predicted molar refractivity (Wildman–Crippen MR) is 75.7 cm³/mol. The summed E-state index contributed by atoms with van der Waals surface area (Å²) < 4.78 is 13.1. The summed E-state index contributed by atoms with van der Waals surface area (Å²) in [7, 11) is 4.03. The Morgan fingerprint density at radius 1 is 1.16 bits per heavy atom. The van der Waals surface area contributed by atoms with E-state index in [1.807, 2.05) is 26.2 Å². The van der Waals surface area contributed by atoms with Gasteiger partial charge in [-0.3, -0.25) is 0 Å². The van der Waals surface area contributed by atoms with Crippen LogP contribution in [0, 0.1) is 5.82 Å². The molecule has 0 aromatic heterocycles. The SMILES string of the molecule is CN(C)CC(c1ccc(F)cc1)C1(O)CCCCC1. The molecule has 106 valence electrons. The van der Waals surface area contributed by atoms with Crippen molar-refractivity contribution in [2.24, 2.45) is 0 Å². The lowest BCUT2D eigenvalue weighted by atomic mass is 9.72. The number of halogens is 1. The first kappa shape index (κ1) is 14.5. The van der Waals surface area contributed by atoms with Crippen LogP contribution in [0.25, 0.3) is 0 Å². The zero-order chi connectivity index (χ0) is 13.9. The topological polar surface area (TPSA) is 23.5 Å². The van der Waals surface area contributed by atoms with Crippen LogP contribution in [0.15, 0.2) is 24.3 Å². The molecule has 1 saturated carbocycles. The van der Waals surface area contributed by atoms with Gasteiger partial charge in [0.1, 0.15) is 5.82 Å². The molecule has 0 saturated heterocycles. The number of benzene rings is 1. The van der Waals surface area contributed by atoms with Crippen LogP contribution >= 0.6 is 0 Å². The predicted octanol–water partition coefficient (Wildman–Crippen LogP) is 3.17. The number of rotatable bonds is 4. The second-order valence-electron chi connectivity index (χ2n) is 6.03. The molecule has 1 fully saturated rings. The summed E-state index contributed by atoms with van der Waals surface area (Å²) in [4.78, 5) is 2.10. The molecular weight excluding hydrogens is 241 g/mol. The van der Waals surface area contributed by atoms with Crippen LogP contribution in [0.4, 0.5) is 4.39 Å². The van der Waals surface area contributed by atoms with Gasteiger partial charge in [-0.25, -0.2) is 4.39 Å². The summed E-state index contributed by atoms with van der Waals surface area (Å²) in [5.74, 6) is -0.161. The second kappa shape index (κ2) is 6.02. The van der Waals surface area contributed by atoms with E-state index in [1.165, 1.54) is 18.6 Å². The highest BCUT2D eigenvalue weighted by atomic mass is 19.1. The van der Waals surface area contributed by atoms with Crippen molar-refractivity contribution in [3.8, 4) is 0 Å². The maximum atomic E-state index is 13.1. The Balaban J connectivity index is 2.26. The molecule has 0 radical (unpaired) electrons. The van der Waals surface area contributed by atoms with Crippen LogP contribution in [0.3, 0.4) is 0 Å². The van der Waals surface area contributed by atoms with E-state index < -0.39 is 5.60 Å². The van der Waals surface area contributed by atoms with E-state index in [-0.39, 0.29) is 11.7 Å². The molecule has 0 heterocycles. The Labute approximate surface area is 115 Å². The minimum Gasteiger partial charge on any atom is -0.389 e. The van der Waals surface area contributed by atoms with E-state index in [0.29, 0.717) is 0 Å². The molecule has 3 heteroatoms. The third kappa shape index (κ3) is 3.54. The lowest BCUT2D eigenvalue weighted by Crippen LogP contribution is -2.42. The van der Waals surface area contributed by atoms with Crippen LogP contribution in [0.2, 0.25) is 0 Å². The normalized spacial score (nSPS) is 20.5. The standard InChI is InChI=1S/C16H24FNO/c1-18(2)12-15(13-6-8-14(17)9-7-13)16(19)10-4-3-5-11-16/h6-9,15,19H,3-5,10-12H2,1-2H3. The maximum Gasteiger partial charge on any atom is 0.123 e. The van der Waals surface area contributed by atoms with Crippen molar-refractivity contribution in [2.75, 3.05) is 20.6 Å². The number of nitrogens with zero attached hydrogens (tertiary/aromatic N) is 1. The maximum absolute atomic E-state index is 13.1. The van der Waals surface area contributed by atoms with Gasteiger partial charge in [-0.15, -0.1) is 0 Å². The molecule has 2 nitrogen and oxygen atoms in total. The number of likely N-dealkylation sites (N-methyl/N-ethyl adjacent to an activating group) is 1. The Morgan fingerprint density at radius 2 is 1.74 bits per heavy atom. The largest absolute Gasteiger partial charge is 0.389 e. The molecule has 0 amide bonds. The van der Waals surface area contributed by atoms with Gasteiger partial charge in [0.2, 0.25) is 0 Å². The van der Waals surface area contributed by atoms with Crippen molar-refractivity contribution < 1.29 is 9.50 Å². The first-order valence-corrected chi connectivity index (χ1v) is 7.14. The molecule has 1 N–H and O–H groups in total. The fourth-order valence-electron chi connectivity index (χ4n) is 3.16. The summed E-state index contributed by atoms with van der Waals surface area (Å²) in [5, 5.41) is 11.0. The highest BCUT2D eigenvalue weighted by molar-refractivity contribution is 5.24. The highest BCUT2D eigenvalue weighted by Crippen LogP contribution is 2.40. The van der Waals surface area contributed by atoms with Crippen molar-refractivity contribution in [1.29, 1.82) is 0 Å². The third-order valence-corrected chi connectivity index (χ3v) is 4.19. The first-order valence-electron chi connectivity index (χ1n) is 7.14. The van der Waals surface area contributed by atoms with Crippen molar-refractivity contribution in [3.05, 3.63) is 35.6 Å². The quantitative estimate of drug-likeness (QED) is 0.904. The highest BCUT2D eigenvalue weighted by Gasteiger charge is 2.38. The third-order valence-electron chi connectivity index (χ3n) is 4.19. The molecule has 2 rings (SSSR count). The van der Waals surface area contributed by atoms with Gasteiger partial charge in [0.15, 0.2) is 0 Å². The van der Waals surface area contributed by atoms with Crippen LogP contribution < -0.4 is 0 Å². The van der Waals surface area contributed by atoms with Crippen LogP contribution in [-0.4, -0.2) is 36.2 Å². The van der Waals surface area contributed by atoms with Gasteiger partial charge in [0.25, 0.3) is 0 Å². The molecule has 1 aromatic rings. The van der Waals surface area contributed by atoms with Crippen molar-refractivity contribution in [3.63, 3.8) is 0 Å². The van der Waals surface area contributed by atoms with Crippen LogP contribution in [0.5, 0.6) is 0 Å². The van der Waals surface area contributed by atoms with Gasteiger partial charge in [0, 0.05) is 12.5 Å². The minimum atomic E-state index is -0.639. The first-order chi connectivity index (χ1) is 9.01. The van der Waals surface area contributed by atoms with Gasteiger partial charge < -0.3 is 10.0 Å². The van der Waals surface area contributed by atoms with Gasteiger partial charge in [-0.05, 0) is 44.6 Å². The van der Waals surface area contributed by atoms with E-state index >= 15 is 0 Å². The minimum absolute atomic E-state index is 0.0587.